The number of benzene rings is 1. The Bertz CT molecular complexity index is 719. The van der Waals surface area contributed by atoms with E-state index in [1.807, 2.05) is 0 Å². The maximum absolute atomic E-state index is 12.6. The van der Waals surface area contributed by atoms with Crippen molar-refractivity contribution in [2.24, 2.45) is 11.3 Å². The summed E-state index contributed by atoms with van der Waals surface area (Å²) in [6.45, 7) is 10.5. The standard InChI is InChI=1S/C25H39NO2.ClH/c1-18(2)8-7-9-20(27)12-13-25(4)23-16-19-10-11-21(28-6)17-22(19)24(25,3)14-15-26(23)5;/h10-11,17-18,23H,7-9,12-16H2,1-6H3;1H/t23?,24-,25-;/m1./s1. The second-order valence-corrected chi connectivity index (χ2v) is 10.0. The molecule has 1 aromatic rings. The third-order valence-electron chi connectivity index (χ3n) is 7.98. The Kier molecular flexibility index (Phi) is 7.84. The number of ketones is 1. The maximum Gasteiger partial charge on any atom is 0.132 e. The molecule has 1 heterocycles. The zero-order valence-electron chi connectivity index (χ0n) is 19.2. The van der Waals surface area contributed by atoms with Gasteiger partial charge in [-0.2, -0.15) is 0 Å². The van der Waals surface area contributed by atoms with Crippen LogP contribution in [-0.4, -0.2) is 37.4 Å². The molecule has 1 unspecified atom stereocenters. The van der Waals surface area contributed by atoms with E-state index in [-0.39, 0.29) is 23.2 Å². The van der Waals surface area contributed by atoms with Crippen molar-refractivity contribution in [3.63, 3.8) is 0 Å². The molecule has 29 heavy (non-hydrogen) atoms. The lowest BCUT2D eigenvalue weighted by molar-refractivity contribution is -0.121. The number of methoxy groups -OCH3 is 1. The molecule has 1 fully saturated rings. The summed E-state index contributed by atoms with van der Waals surface area (Å²) < 4.78 is 5.55. The van der Waals surface area contributed by atoms with Crippen molar-refractivity contribution in [2.75, 3.05) is 20.7 Å². The highest BCUT2D eigenvalue weighted by atomic mass is 35.5. The molecule has 1 aliphatic carbocycles. The van der Waals surface area contributed by atoms with E-state index >= 15 is 0 Å². The maximum atomic E-state index is 12.6. The highest BCUT2D eigenvalue weighted by Gasteiger charge is 2.57. The van der Waals surface area contributed by atoms with Crippen molar-refractivity contribution in [1.82, 2.24) is 4.90 Å². The molecule has 3 atom stereocenters. The van der Waals surface area contributed by atoms with Gasteiger partial charge < -0.3 is 9.64 Å². The first-order valence-electron chi connectivity index (χ1n) is 11.1. The van der Waals surface area contributed by atoms with Crippen LogP contribution in [0.4, 0.5) is 0 Å². The number of piperidine rings is 1. The fourth-order valence-electron chi connectivity index (χ4n) is 5.78. The van der Waals surface area contributed by atoms with E-state index in [4.69, 9.17) is 4.74 Å². The summed E-state index contributed by atoms with van der Waals surface area (Å²) in [5.74, 6) is 2.08. The Balaban J connectivity index is 0.00000300. The van der Waals surface area contributed by atoms with Crippen molar-refractivity contribution in [3.05, 3.63) is 29.3 Å². The first-order valence-corrected chi connectivity index (χ1v) is 11.1. The Morgan fingerprint density at radius 2 is 2.00 bits per heavy atom. The minimum absolute atomic E-state index is 0. The van der Waals surface area contributed by atoms with Crippen molar-refractivity contribution in [2.45, 2.75) is 84.1 Å². The van der Waals surface area contributed by atoms with Crippen LogP contribution in [0.5, 0.6) is 5.75 Å². The van der Waals surface area contributed by atoms with Gasteiger partial charge in [0.15, 0.2) is 0 Å². The number of carbonyl (C=O) groups excluding carboxylic acids is 1. The van der Waals surface area contributed by atoms with Gasteiger partial charge >= 0.3 is 0 Å². The molecule has 164 valence electrons. The fraction of sp³-hybridized carbons (Fsp3) is 0.720. The van der Waals surface area contributed by atoms with Gasteiger partial charge in [0.1, 0.15) is 11.5 Å². The molecular weight excluding hydrogens is 382 g/mol. The van der Waals surface area contributed by atoms with Crippen molar-refractivity contribution >= 4 is 18.2 Å². The Morgan fingerprint density at radius 3 is 2.66 bits per heavy atom. The van der Waals surface area contributed by atoms with E-state index in [9.17, 15) is 4.79 Å². The number of fused-ring (bicyclic) bond motifs is 4. The van der Waals surface area contributed by atoms with E-state index in [0.29, 0.717) is 24.2 Å². The molecule has 0 radical (unpaired) electrons. The summed E-state index contributed by atoms with van der Waals surface area (Å²) >= 11 is 0. The summed E-state index contributed by atoms with van der Waals surface area (Å²) in [7, 11) is 4.01. The lowest BCUT2D eigenvalue weighted by Crippen LogP contribution is -2.64. The monoisotopic (exact) mass is 421 g/mol. The second-order valence-electron chi connectivity index (χ2n) is 10.0. The van der Waals surface area contributed by atoms with Crippen LogP contribution in [0.1, 0.15) is 77.3 Å². The number of nitrogens with zero attached hydrogens (tertiary/aromatic N) is 1. The number of halogens is 1. The van der Waals surface area contributed by atoms with Gasteiger partial charge in [-0.25, -0.2) is 0 Å². The molecule has 0 aromatic heterocycles. The van der Waals surface area contributed by atoms with Gasteiger partial charge in [0.2, 0.25) is 0 Å². The van der Waals surface area contributed by atoms with Crippen molar-refractivity contribution in [3.8, 4) is 5.75 Å². The summed E-state index contributed by atoms with van der Waals surface area (Å²) in [6.07, 6.45) is 6.84. The lowest BCUT2D eigenvalue weighted by Gasteiger charge is -2.62. The number of likely N-dealkylation sites (tertiary alicyclic amines) is 1. The average Bonchev–Trinajstić information content (AvgIpc) is 2.66. The van der Waals surface area contributed by atoms with Crippen LogP contribution in [0.15, 0.2) is 18.2 Å². The summed E-state index contributed by atoms with van der Waals surface area (Å²) in [4.78, 5) is 15.2. The number of hydrogen-bond acceptors (Lipinski definition) is 3. The largest absolute Gasteiger partial charge is 0.497 e. The van der Waals surface area contributed by atoms with Crippen LogP contribution in [0.2, 0.25) is 0 Å². The van der Waals surface area contributed by atoms with Gasteiger partial charge in [0.25, 0.3) is 0 Å². The highest BCUT2D eigenvalue weighted by molar-refractivity contribution is 5.85. The molecule has 3 rings (SSSR count). The van der Waals surface area contributed by atoms with Gasteiger partial charge in [0, 0.05) is 24.3 Å². The number of Topliss-reactive ketones (excluding diaryl/α,β-unsaturated/α-hetero) is 1. The predicted octanol–water partition coefficient (Wildman–Crippen LogP) is 5.82. The van der Waals surface area contributed by atoms with E-state index in [1.54, 1.807) is 7.11 Å². The number of hydrogen-bond donors (Lipinski definition) is 0. The smallest absolute Gasteiger partial charge is 0.132 e. The van der Waals surface area contributed by atoms with E-state index in [1.165, 1.54) is 11.1 Å². The molecule has 1 saturated heterocycles. The topological polar surface area (TPSA) is 29.5 Å². The van der Waals surface area contributed by atoms with Crippen molar-refractivity contribution in [1.29, 1.82) is 0 Å². The lowest BCUT2D eigenvalue weighted by atomic mass is 9.49. The van der Waals surface area contributed by atoms with Crippen LogP contribution in [0, 0.1) is 11.3 Å². The van der Waals surface area contributed by atoms with Crippen LogP contribution in [0.3, 0.4) is 0 Å². The number of ether oxygens (including phenoxy) is 1. The number of likely N-dealkylation sites (N-methyl/N-ethyl adjacent to an activating group) is 1. The van der Waals surface area contributed by atoms with E-state index in [0.717, 1.165) is 50.8 Å². The molecule has 1 aromatic carbocycles. The molecule has 4 heteroatoms. The summed E-state index contributed by atoms with van der Waals surface area (Å²) in [5, 5.41) is 0. The van der Waals surface area contributed by atoms with Gasteiger partial charge in [-0.15, -0.1) is 12.4 Å². The minimum Gasteiger partial charge on any atom is -0.497 e. The second kappa shape index (κ2) is 9.39. The average molecular weight is 422 g/mol. The molecular formula is C25H40ClNO2. The first kappa shape index (κ1) is 24.2. The van der Waals surface area contributed by atoms with Crippen LogP contribution < -0.4 is 4.74 Å². The molecule has 2 bridgehead atoms. The molecule has 2 aliphatic rings. The summed E-state index contributed by atoms with van der Waals surface area (Å²) in [5.41, 5.74) is 3.10. The zero-order valence-corrected chi connectivity index (χ0v) is 20.0. The third-order valence-corrected chi connectivity index (χ3v) is 7.98. The van der Waals surface area contributed by atoms with Crippen LogP contribution in [-0.2, 0) is 16.6 Å². The number of carbonyl (C=O) groups is 1. The van der Waals surface area contributed by atoms with Gasteiger partial charge in [-0.1, -0.05) is 40.2 Å². The van der Waals surface area contributed by atoms with Crippen LogP contribution >= 0.6 is 12.4 Å². The first-order chi connectivity index (χ1) is 13.2. The van der Waals surface area contributed by atoms with Gasteiger partial charge in [0.05, 0.1) is 7.11 Å². The van der Waals surface area contributed by atoms with E-state index in [2.05, 4.69) is 57.8 Å². The van der Waals surface area contributed by atoms with Crippen LogP contribution in [0.25, 0.3) is 0 Å². The van der Waals surface area contributed by atoms with Gasteiger partial charge in [-0.05, 0) is 73.9 Å². The van der Waals surface area contributed by atoms with Crippen molar-refractivity contribution < 1.29 is 9.53 Å². The zero-order chi connectivity index (χ0) is 20.5. The molecule has 0 spiro atoms. The highest BCUT2D eigenvalue weighted by Crippen LogP contribution is 2.58. The van der Waals surface area contributed by atoms with E-state index < -0.39 is 0 Å². The minimum atomic E-state index is 0. The quantitative estimate of drug-likeness (QED) is 0.529. The normalized spacial score (nSPS) is 28.6. The fourth-order valence-corrected chi connectivity index (χ4v) is 5.78. The molecule has 0 N–H and O–H groups in total. The molecule has 0 saturated carbocycles. The predicted molar refractivity (Wildman–Crippen MR) is 123 cm³/mol. The molecule has 3 nitrogen and oxygen atoms in total. The molecule has 1 aliphatic heterocycles. The number of rotatable bonds is 8. The Morgan fingerprint density at radius 1 is 1.28 bits per heavy atom. The van der Waals surface area contributed by atoms with Gasteiger partial charge in [-0.3, -0.25) is 4.79 Å². The third kappa shape index (κ3) is 4.51. The molecule has 0 amide bonds. The Hall–Kier alpha value is -1.06. The Labute approximate surface area is 184 Å². The summed E-state index contributed by atoms with van der Waals surface area (Å²) in [6, 6.07) is 7.11. The SMILES string of the molecule is COc1ccc2c(c1)[C@@]1(C)CCN(C)C(C2)[C@@]1(C)CCC(=O)CCCC(C)C.Cl.